The monoisotopic (exact) mass is 244 g/mol. The highest BCUT2D eigenvalue weighted by molar-refractivity contribution is 5.90. The second kappa shape index (κ2) is 5.35. The Morgan fingerprint density at radius 1 is 1.39 bits per heavy atom. The molecule has 0 aliphatic heterocycles. The summed E-state index contributed by atoms with van der Waals surface area (Å²) in [6, 6.07) is 7.43. The normalized spacial score (nSPS) is 10.4. The summed E-state index contributed by atoms with van der Waals surface area (Å²) in [5, 5.41) is 5.56. The fraction of sp³-hybridized carbons (Fsp3) is 0.231. The van der Waals surface area contributed by atoms with Crippen LogP contribution in [0.4, 0.5) is 10.5 Å². The molecular weight excluding hydrogens is 228 g/mol. The average Bonchev–Trinajstić information content (AvgIpc) is 2.81. The number of carbonyl (C=O) groups is 1. The van der Waals surface area contributed by atoms with Gasteiger partial charge in [-0.2, -0.15) is 0 Å². The van der Waals surface area contributed by atoms with Crippen LogP contribution in [-0.2, 0) is 0 Å². The van der Waals surface area contributed by atoms with Gasteiger partial charge in [0.2, 0.25) is 0 Å². The Hall–Kier alpha value is -2.30. The predicted octanol–water partition coefficient (Wildman–Crippen LogP) is 2.61. The van der Waals surface area contributed by atoms with Gasteiger partial charge in [0, 0.05) is 29.7 Å². The standard InChI is InChI=1S/C13H16N4O/c1-9(2)16-13(18)17-11-5-3-4-10(8-11)12-14-6-7-15-12/h3-9H,1-2H3,(H,14,15)(H2,16,17,18). The van der Waals surface area contributed by atoms with Gasteiger partial charge in [-0.3, -0.25) is 0 Å². The van der Waals surface area contributed by atoms with Crippen molar-refractivity contribution in [2.45, 2.75) is 19.9 Å². The number of imidazole rings is 1. The second-order valence-corrected chi connectivity index (χ2v) is 4.27. The maximum absolute atomic E-state index is 11.6. The topological polar surface area (TPSA) is 69.8 Å². The Balaban J connectivity index is 2.11. The number of aromatic nitrogens is 2. The van der Waals surface area contributed by atoms with Crippen LogP contribution in [0.1, 0.15) is 13.8 Å². The summed E-state index contributed by atoms with van der Waals surface area (Å²) in [6.07, 6.45) is 3.46. The first-order valence-electron chi connectivity index (χ1n) is 5.82. The van der Waals surface area contributed by atoms with Crippen LogP contribution in [0.25, 0.3) is 11.4 Å². The molecule has 0 saturated heterocycles. The number of aromatic amines is 1. The number of hydrogen-bond acceptors (Lipinski definition) is 2. The van der Waals surface area contributed by atoms with E-state index in [9.17, 15) is 4.79 Å². The molecule has 0 unspecified atom stereocenters. The van der Waals surface area contributed by atoms with Crippen LogP contribution in [0.15, 0.2) is 36.7 Å². The lowest BCUT2D eigenvalue weighted by atomic mass is 10.2. The summed E-state index contributed by atoms with van der Waals surface area (Å²) in [7, 11) is 0. The van der Waals surface area contributed by atoms with Gasteiger partial charge in [-0.15, -0.1) is 0 Å². The number of H-pyrrole nitrogens is 1. The Kier molecular flexibility index (Phi) is 3.62. The fourth-order valence-electron chi connectivity index (χ4n) is 1.60. The summed E-state index contributed by atoms with van der Waals surface area (Å²) in [4.78, 5) is 18.8. The highest BCUT2D eigenvalue weighted by atomic mass is 16.2. The number of benzene rings is 1. The molecule has 3 N–H and O–H groups in total. The van der Waals surface area contributed by atoms with Gasteiger partial charge >= 0.3 is 6.03 Å². The van der Waals surface area contributed by atoms with Crippen molar-refractivity contribution in [3.63, 3.8) is 0 Å². The number of carbonyl (C=O) groups excluding carboxylic acids is 1. The molecule has 94 valence electrons. The summed E-state index contributed by atoms with van der Waals surface area (Å²) >= 11 is 0. The highest BCUT2D eigenvalue weighted by Crippen LogP contribution is 2.18. The molecule has 0 aliphatic carbocycles. The van der Waals surface area contributed by atoms with Gasteiger partial charge < -0.3 is 15.6 Å². The Labute approximate surface area is 106 Å². The van der Waals surface area contributed by atoms with Crippen LogP contribution >= 0.6 is 0 Å². The zero-order chi connectivity index (χ0) is 13.0. The van der Waals surface area contributed by atoms with Crippen molar-refractivity contribution in [2.75, 3.05) is 5.32 Å². The predicted molar refractivity (Wildman–Crippen MR) is 71.3 cm³/mol. The molecular formula is C13H16N4O. The van der Waals surface area contributed by atoms with E-state index in [2.05, 4.69) is 20.6 Å². The summed E-state index contributed by atoms with van der Waals surface area (Å²) < 4.78 is 0. The molecule has 1 heterocycles. The molecule has 0 radical (unpaired) electrons. The first-order valence-corrected chi connectivity index (χ1v) is 5.82. The van der Waals surface area contributed by atoms with E-state index in [1.54, 1.807) is 12.4 Å². The molecule has 18 heavy (non-hydrogen) atoms. The minimum atomic E-state index is -0.207. The lowest BCUT2D eigenvalue weighted by molar-refractivity contribution is 0.250. The molecule has 2 rings (SSSR count). The zero-order valence-corrected chi connectivity index (χ0v) is 10.4. The number of urea groups is 1. The molecule has 5 nitrogen and oxygen atoms in total. The molecule has 1 aromatic carbocycles. The summed E-state index contributed by atoms with van der Waals surface area (Å²) in [5.74, 6) is 0.780. The maximum Gasteiger partial charge on any atom is 0.319 e. The smallest absolute Gasteiger partial charge is 0.319 e. The molecule has 0 spiro atoms. The van der Waals surface area contributed by atoms with E-state index < -0.39 is 0 Å². The van der Waals surface area contributed by atoms with Gasteiger partial charge in [0.05, 0.1) is 0 Å². The largest absolute Gasteiger partial charge is 0.345 e. The molecule has 0 aliphatic rings. The van der Waals surface area contributed by atoms with Crippen molar-refractivity contribution >= 4 is 11.7 Å². The average molecular weight is 244 g/mol. The minimum absolute atomic E-state index is 0.109. The highest BCUT2D eigenvalue weighted by Gasteiger charge is 2.05. The quantitative estimate of drug-likeness (QED) is 0.776. The third-order valence-corrected chi connectivity index (χ3v) is 2.31. The molecule has 5 heteroatoms. The van der Waals surface area contributed by atoms with Crippen molar-refractivity contribution in [3.05, 3.63) is 36.7 Å². The van der Waals surface area contributed by atoms with E-state index in [1.165, 1.54) is 0 Å². The number of rotatable bonds is 3. The number of amides is 2. The molecule has 0 saturated carbocycles. The maximum atomic E-state index is 11.6. The number of nitrogens with one attached hydrogen (secondary N) is 3. The Morgan fingerprint density at radius 2 is 2.22 bits per heavy atom. The molecule has 1 aromatic heterocycles. The van der Waals surface area contributed by atoms with Crippen molar-refractivity contribution in [3.8, 4) is 11.4 Å². The van der Waals surface area contributed by atoms with Gasteiger partial charge in [-0.25, -0.2) is 9.78 Å². The Bertz CT molecular complexity index is 520. The molecule has 0 bridgehead atoms. The van der Waals surface area contributed by atoms with E-state index in [4.69, 9.17) is 0 Å². The first-order chi connectivity index (χ1) is 8.65. The summed E-state index contributed by atoms with van der Waals surface area (Å²) in [6.45, 7) is 3.83. The molecule has 2 amide bonds. The molecule has 0 fully saturated rings. The minimum Gasteiger partial charge on any atom is -0.345 e. The van der Waals surface area contributed by atoms with Crippen LogP contribution in [0.2, 0.25) is 0 Å². The first kappa shape index (κ1) is 12.2. The van der Waals surface area contributed by atoms with Crippen molar-refractivity contribution in [1.82, 2.24) is 15.3 Å². The van der Waals surface area contributed by atoms with Gasteiger partial charge in [-0.05, 0) is 26.0 Å². The van der Waals surface area contributed by atoms with Gasteiger partial charge in [0.1, 0.15) is 5.82 Å². The Morgan fingerprint density at radius 3 is 2.89 bits per heavy atom. The number of hydrogen-bond donors (Lipinski definition) is 3. The van der Waals surface area contributed by atoms with Crippen LogP contribution < -0.4 is 10.6 Å². The third kappa shape index (κ3) is 3.10. The van der Waals surface area contributed by atoms with Crippen LogP contribution in [-0.4, -0.2) is 22.0 Å². The SMILES string of the molecule is CC(C)NC(=O)Nc1cccc(-c2ncc[nH]2)c1. The van der Waals surface area contributed by atoms with Crippen LogP contribution in [0, 0.1) is 0 Å². The third-order valence-electron chi connectivity index (χ3n) is 2.31. The van der Waals surface area contributed by atoms with Gasteiger partial charge in [-0.1, -0.05) is 12.1 Å². The number of nitrogens with zero attached hydrogens (tertiary/aromatic N) is 1. The summed E-state index contributed by atoms with van der Waals surface area (Å²) in [5.41, 5.74) is 1.67. The van der Waals surface area contributed by atoms with Crippen molar-refractivity contribution in [2.24, 2.45) is 0 Å². The number of anilines is 1. The van der Waals surface area contributed by atoms with E-state index >= 15 is 0 Å². The van der Waals surface area contributed by atoms with E-state index in [0.717, 1.165) is 17.1 Å². The fourth-order valence-corrected chi connectivity index (χ4v) is 1.60. The van der Waals surface area contributed by atoms with E-state index in [-0.39, 0.29) is 12.1 Å². The van der Waals surface area contributed by atoms with Crippen molar-refractivity contribution in [1.29, 1.82) is 0 Å². The van der Waals surface area contributed by atoms with Crippen LogP contribution in [0.3, 0.4) is 0 Å². The van der Waals surface area contributed by atoms with E-state index in [0.29, 0.717) is 0 Å². The second-order valence-electron chi connectivity index (χ2n) is 4.27. The van der Waals surface area contributed by atoms with Gasteiger partial charge in [0.15, 0.2) is 0 Å². The zero-order valence-electron chi connectivity index (χ0n) is 10.4. The lowest BCUT2D eigenvalue weighted by Gasteiger charge is -2.10. The van der Waals surface area contributed by atoms with Crippen LogP contribution in [0.5, 0.6) is 0 Å². The molecule has 2 aromatic rings. The molecule has 0 atom stereocenters. The van der Waals surface area contributed by atoms with E-state index in [1.807, 2.05) is 38.1 Å². The van der Waals surface area contributed by atoms with Crippen molar-refractivity contribution < 1.29 is 4.79 Å². The van der Waals surface area contributed by atoms with Gasteiger partial charge in [0.25, 0.3) is 0 Å². The lowest BCUT2D eigenvalue weighted by Crippen LogP contribution is -2.34.